The Labute approximate surface area is 226 Å². The van der Waals surface area contributed by atoms with Crippen molar-refractivity contribution in [1.82, 2.24) is 25.5 Å². The highest BCUT2D eigenvalue weighted by atomic mass is 19.1. The first kappa shape index (κ1) is 25.9. The average Bonchev–Trinajstić information content (AvgIpc) is 3.51. The number of H-pyrrole nitrogens is 2. The van der Waals surface area contributed by atoms with Crippen molar-refractivity contribution < 1.29 is 9.18 Å². The summed E-state index contributed by atoms with van der Waals surface area (Å²) >= 11 is 0. The zero-order chi connectivity index (χ0) is 27.7. The van der Waals surface area contributed by atoms with Crippen LogP contribution in [0.2, 0.25) is 0 Å². The number of nitrogens with one attached hydrogen (secondary N) is 3. The molecule has 0 aliphatic rings. The van der Waals surface area contributed by atoms with E-state index in [0.29, 0.717) is 0 Å². The molecule has 196 valence electrons. The summed E-state index contributed by atoms with van der Waals surface area (Å²) in [7, 11) is 0. The van der Waals surface area contributed by atoms with Crippen molar-refractivity contribution in [2.75, 3.05) is 0 Å². The van der Waals surface area contributed by atoms with Gasteiger partial charge in [0.1, 0.15) is 11.5 Å². The van der Waals surface area contributed by atoms with Crippen LogP contribution in [0.25, 0.3) is 49.9 Å². The number of amides is 1. The monoisotopic (exact) mass is 519 g/mol. The normalized spacial score (nSPS) is 12.7. The second-order valence-corrected chi connectivity index (χ2v) is 10.6. The van der Waals surface area contributed by atoms with Gasteiger partial charge in [-0.05, 0) is 60.0 Å². The third-order valence-electron chi connectivity index (χ3n) is 6.49. The molecule has 0 atom stereocenters. The largest absolute Gasteiger partial charge is 0.352 e. The first-order valence-corrected chi connectivity index (χ1v) is 12.7. The average molecular weight is 520 g/mol. The summed E-state index contributed by atoms with van der Waals surface area (Å²) in [6.07, 6.45) is 9.07. The molecule has 3 aromatic heterocycles. The Morgan fingerprint density at radius 3 is 2.62 bits per heavy atom. The van der Waals surface area contributed by atoms with Crippen molar-refractivity contribution >= 4 is 33.3 Å². The zero-order valence-corrected chi connectivity index (χ0v) is 22.4. The van der Waals surface area contributed by atoms with Gasteiger partial charge in [-0.3, -0.25) is 14.9 Å². The van der Waals surface area contributed by atoms with E-state index in [1.807, 2.05) is 64.1 Å². The maximum absolute atomic E-state index is 13.9. The molecule has 3 heterocycles. The fraction of sp³-hybridized carbons (Fsp3) is 0.156. The molecule has 0 unspecified atom stereocenters. The first-order valence-electron chi connectivity index (χ1n) is 12.7. The van der Waals surface area contributed by atoms with Crippen molar-refractivity contribution in [2.24, 2.45) is 5.41 Å². The number of rotatable bonds is 6. The number of halogens is 1. The van der Waals surface area contributed by atoms with Crippen LogP contribution in [-0.4, -0.2) is 26.1 Å². The van der Waals surface area contributed by atoms with Gasteiger partial charge in [-0.25, -0.2) is 4.39 Å². The molecule has 0 fully saturated rings. The SMILES string of the molecule is C=C/C=C(\C=C(/C)NC(=O)C(C)(C)C)c1ccc2[nH]nc(-c3cc4c(-c5cccc(F)c5)cncc4[nH]3)c2c1. The predicted molar refractivity (Wildman–Crippen MR) is 156 cm³/mol. The number of allylic oxidation sites excluding steroid dienone is 5. The summed E-state index contributed by atoms with van der Waals surface area (Å²) in [4.78, 5) is 20.3. The van der Waals surface area contributed by atoms with Crippen molar-refractivity contribution in [1.29, 1.82) is 0 Å². The molecule has 0 saturated carbocycles. The van der Waals surface area contributed by atoms with E-state index in [0.717, 1.165) is 61.2 Å². The maximum Gasteiger partial charge on any atom is 0.229 e. The highest BCUT2D eigenvalue weighted by Gasteiger charge is 2.21. The van der Waals surface area contributed by atoms with E-state index in [-0.39, 0.29) is 11.7 Å². The second kappa shape index (κ2) is 10.2. The van der Waals surface area contributed by atoms with Gasteiger partial charge in [0.2, 0.25) is 5.91 Å². The van der Waals surface area contributed by atoms with Gasteiger partial charge >= 0.3 is 0 Å². The van der Waals surface area contributed by atoms with Crippen LogP contribution in [0.3, 0.4) is 0 Å². The van der Waals surface area contributed by atoms with Gasteiger partial charge in [-0.1, -0.05) is 57.7 Å². The molecule has 5 aromatic rings. The minimum absolute atomic E-state index is 0.0484. The molecule has 0 aliphatic heterocycles. The molecule has 2 aromatic carbocycles. The maximum atomic E-state index is 13.9. The van der Waals surface area contributed by atoms with Crippen molar-refractivity contribution in [3.05, 3.63) is 103 Å². The van der Waals surface area contributed by atoms with Gasteiger partial charge in [-0.15, -0.1) is 0 Å². The zero-order valence-electron chi connectivity index (χ0n) is 22.4. The summed E-state index contributed by atoms with van der Waals surface area (Å²) < 4.78 is 13.9. The van der Waals surface area contributed by atoms with Gasteiger partial charge in [0.25, 0.3) is 0 Å². The lowest BCUT2D eigenvalue weighted by molar-refractivity contribution is -0.127. The minimum Gasteiger partial charge on any atom is -0.352 e. The molecular weight excluding hydrogens is 489 g/mol. The number of fused-ring (bicyclic) bond motifs is 2. The van der Waals surface area contributed by atoms with Gasteiger partial charge in [-0.2, -0.15) is 5.10 Å². The van der Waals surface area contributed by atoms with Crippen LogP contribution in [0.4, 0.5) is 4.39 Å². The van der Waals surface area contributed by atoms with E-state index in [4.69, 9.17) is 0 Å². The molecule has 39 heavy (non-hydrogen) atoms. The van der Waals surface area contributed by atoms with Gasteiger partial charge in [0.05, 0.1) is 22.9 Å². The third kappa shape index (κ3) is 5.29. The fourth-order valence-corrected chi connectivity index (χ4v) is 4.45. The quantitative estimate of drug-likeness (QED) is 0.203. The van der Waals surface area contributed by atoms with E-state index in [1.54, 1.807) is 24.5 Å². The number of benzene rings is 2. The molecular formula is C32H30FN5O. The topological polar surface area (TPSA) is 86.5 Å². The Kier molecular flexibility index (Phi) is 6.74. The molecule has 5 rings (SSSR count). The molecule has 3 N–H and O–H groups in total. The number of pyridine rings is 1. The Bertz CT molecular complexity index is 1780. The summed E-state index contributed by atoms with van der Waals surface area (Å²) in [6, 6.07) is 14.6. The number of nitrogens with zero attached hydrogens (tertiary/aromatic N) is 2. The van der Waals surface area contributed by atoms with Crippen LogP contribution in [0, 0.1) is 11.2 Å². The minimum atomic E-state index is -0.494. The van der Waals surface area contributed by atoms with Crippen LogP contribution in [0.15, 0.2) is 91.4 Å². The Morgan fingerprint density at radius 1 is 1.05 bits per heavy atom. The van der Waals surface area contributed by atoms with Crippen LogP contribution in [0.5, 0.6) is 0 Å². The van der Waals surface area contributed by atoms with E-state index in [1.165, 1.54) is 12.1 Å². The standard InChI is InChI=1S/C32H30FN5O/c1-6-8-20(13-19(2)35-31(39)32(3,4)5)21-11-12-27-25(15-21)30(38-37-27)28-16-24-26(17-34-18-29(24)36-28)22-9-7-10-23(33)14-22/h6-18,36H,1H2,2-5H3,(H,35,39)(H,37,38)/b19-13+,20-8+. The Balaban J connectivity index is 1.56. The van der Waals surface area contributed by atoms with Gasteiger partial charge in [0.15, 0.2) is 0 Å². The van der Waals surface area contributed by atoms with Crippen LogP contribution in [-0.2, 0) is 4.79 Å². The number of hydrogen-bond donors (Lipinski definition) is 3. The lowest BCUT2D eigenvalue weighted by Crippen LogP contribution is -2.33. The van der Waals surface area contributed by atoms with Crippen molar-refractivity contribution in [3.8, 4) is 22.5 Å². The molecule has 0 saturated heterocycles. The Hall–Kier alpha value is -4.78. The van der Waals surface area contributed by atoms with Crippen molar-refractivity contribution in [3.63, 3.8) is 0 Å². The summed E-state index contributed by atoms with van der Waals surface area (Å²) in [5.41, 5.74) is 6.99. The van der Waals surface area contributed by atoms with Gasteiger partial charge in [0, 0.05) is 33.6 Å². The van der Waals surface area contributed by atoms with Crippen LogP contribution < -0.4 is 5.32 Å². The molecule has 1 amide bonds. The van der Waals surface area contributed by atoms with Crippen LogP contribution >= 0.6 is 0 Å². The van der Waals surface area contributed by atoms with Crippen molar-refractivity contribution in [2.45, 2.75) is 27.7 Å². The van der Waals surface area contributed by atoms with Gasteiger partial charge < -0.3 is 10.3 Å². The molecule has 6 nitrogen and oxygen atoms in total. The molecule has 7 heteroatoms. The molecule has 0 radical (unpaired) electrons. The smallest absolute Gasteiger partial charge is 0.229 e. The lowest BCUT2D eigenvalue weighted by atomic mass is 9.95. The molecule has 0 bridgehead atoms. The van der Waals surface area contributed by atoms with E-state index in [2.05, 4.69) is 38.1 Å². The summed E-state index contributed by atoms with van der Waals surface area (Å²) in [5, 5.41) is 12.6. The molecule has 0 spiro atoms. The number of aromatic amines is 2. The van der Waals surface area contributed by atoms with E-state index >= 15 is 0 Å². The lowest BCUT2D eigenvalue weighted by Gasteiger charge is -2.18. The second-order valence-electron chi connectivity index (χ2n) is 10.6. The van der Waals surface area contributed by atoms with E-state index < -0.39 is 5.41 Å². The fourth-order valence-electron chi connectivity index (χ4n) is 4.45. The summed E-state index contributed by atoms with van der Waals surface area (Å²) in [5.74, 6) is -0.343. The number of carbonyl (C=O) groups excluding carboxylic acids is 1. The summed E-state index contributed by atoms with van der Waals surface area (Å²) in [6.45, 7) is 11.4. The highest BCUT2D eigenvalue weighted by Crippen LogP contribution is 2.34. The Morgan fingerprint density at radius 2 is 1.87 bits per heavy atom. The van der Waals surface area contributed by atoms with Crippen LogP contribution in [0.1, 0.15) is 33.3 Å². The third-order valence-corrected chi connectivity index (χ3v) is 6.49. The number of aromatic nitrogens is 4. The highest BCUT2D eigenvalue weighted by molar-refractivity contribution is 6.01. The molecule has 0 aliphatic carbocycles. The predicted octanol–water partition coefficient (Wildman–Crippen LogP) is 7.55. The number of hydrogen-bond acceptors (Lipinski definition) is 3. The first-order chi connectivity index (χ1) is 18.6. The van der Waals surface area contributed by atoms with E-state index in [9.17, 15) is 9.18 Å². The number of carbonyl (C=O) groups is 1.